The minimum absolute atomic E-state index is 0.268. The van der Waals surface area contributed by atoms with E-state index >= 15 is 0 Å². The molecule has 1 N–H and O–H groups in total. The second-order valence-corrected chi connectivity index (χ2v) is 5.90. The van der Waals surface area contributed by atoms with Crippen LogP contribution in [0.1, 0.15) is 28.4 Å². The van der Waals surface area contributed by atoms with Crippen LogP contribution < -0.4 is 5.32 Å². The van der Waals surface area contributed by atoms with Gasteiger partial charge in [0.05, 0.1) is 12.2 Å². The lowest BCUT2D eigenvalue weighted by atomic mass is 10.1. The number of carbonyl (C=O) groups is 2. The molecule has 0 aliphatic heterocycles. The normalized spacial score (nSPS) is 11.6. The van der Waals surface area contributed by atoms with Gasteiger partial charge in [0.1, 0.15) is 0 Å². The number of nitrogens with one attached hydrogen (secondary N) is 1. The predicted molar refractivity (Wildman–Crippen MR) is 95.3 cm³/mol. The van der Waals surface area contributed by atoms with E-state index in [2.05, 4.69) is 5.32 Å². The first-order chi connectivity index (χ1) is 12.0. The second kappa shape index (κ2) is 9.20. The number of halogens is 1. The number of amides is 1. The van der Waals surface area contributed by atoms with E-state index in [0.29, 0.717) is 17.2 Å². The van der Waals surface area contributed by atoms with Gasteiger partial charge in [-0.1, -0.05) is 41.9 Å². The molecule has 0 spiro atoms. The summed E-state index contributed by atoms with van der Waals surface area (Å²) in [4.78, 5) is 24.3. The van der Waals surface area contributed by atoms with Crippen molar-refractivity contribution in [2.24, 2.45) is 0 Å². The van der Waals surface area contributed by atoms with E-state index in [4.69, 9.17) is 21.1 Å². The van der Waals surface area contributed by atoms with Crippen molar-refractivity contribution < 1.29 is 19.1 Å². The molecule has 5 nitrogen and oxygen atoms in total. The van der Waals surface area contributed by atoms with E-state index < -0.39 is 12.1 Å². The maximum Gasteiger partial charge on any atom is 0.338 e. The highest BCUT2D eigenvalue weighted by Gasteiger charge is 2.19. The Balaban J connectivity index is 1.91. The van der Waals surface area contributed by atoms with Crippen molar-refractivity contribution >= 4 is 23.5 Å². The number of ether oxygens (including phenoxy) is 2. The van der Waals surface area contributed by atoms with Crippen LogP contribution in [0.3, 0.4) is 0 Å². The first kappa shape index (κ1) is 19.0. The molecule has 1 amide bonds. The fourth-order valence-electron chi connectivity index (χ4n) is 2.20. The van der Waals surface area contributed by atoms with E-state index in [9.17, 15) is 9.59 Å². The molecule has 0 aromatic heterocycles. The summed E-state index contributed by atoms with van der Waals surface area (Å²) in [7, 11) is 1.58. The molecule has 0 bridgehead atoms. The molecular formula is C19H20ClNO4. The lowest BCUT2D eigenvalue weighted by molar-refractivity contribution is -0.129. The third-order valence-corrected chi connectivity index (χ3v) is 3.91. The predicted octanol–water partition coefficient (Wildman–Crippen LogP) is 3.35. The number of hydrogen-bond donors (Lipinski definition) is 1. The monoisotopic (exact) mass is 361 g/mol. The van der Waals surface area contributed by atoms with Gasteiger partial charge in [-0.15, -0.1) is 0 Å². The molecule has 0 saturated heterocycles. The van der Waals surface area contributed by atoms with Gasteiger partial charge in [0.25, 0.3) is 5.91 Å². The largest absolute Gasteiger partial charge is 0.449 e. The third-order valence-electron chi connectivity index (χ3n) is 3.54. The van der Waals surface area contributed by atoms with Gasteiger partial charge in [0.2, 0.25) is 0 Å². The molecule has 0 saturated carbocycles. The Morgan fingerprint density at radius 2 is 1.92 bits per heavy atom. The SMILES string of the molecule is COCc1cccc(C(=O)O[C@@H](C)C(=O)NCc2ccccc2Cl)c1. The standard InChI is InChI=1S/C19H20ClNO4/c1-13(18(22)21-11-16-7-3-4-9-17(16)20)25-19(23)15-8-5-6-14(10-15)12-24-2/h3-10,13H,11-12H2,1-2H3,(H,21,22)/t13-/m0/s1. The van der Waals surface area contributed by atoms with Crippen LogP contribution in [0.5, 0.6) is 0 Å². The van der Waals surface area contributed by atoms with Crippen molar-refractivity contribution in [2.75, 3.05) is 7.11 Å². The number of methoxy groups -OCH3 is 1. The average molecular weight is 362 g/mol. The molecule has 1 atom stereocenters. The van der Waals surface area contributed by atoms with Gasteiger partial charge in [-0.25, -0.2) is 4.79 Å². The fraction of sp³-hybridized carbons (Fsp3) is 0.263. The molecule has 6 heteroatoms. The van der Waals surface area contributed by atoms with Crippen molar-refractivity contribution in [3.05, 3.63) is 70.2 Å². The molecule has 2 rings (SSSR count). The maximum atomic E-state index is 12.2. The summed E-state index contributed by atoms with van der Waals surface area (Å²) in [6.07, 6.45) is -0.916. The lowest BCUT2D eigenvalue weighted by Crippen LogP contribution is -2.35. The van der Waals surface area contributed by atoms with E-state index in [1.54, 1.807) is 31.4 Å². The molecule has 25 heavy (non-hydrogen) atoms. The Kier molecular flexibility index (Phi) is 6.98. The number of carbonyl (C=O) groups excluding carboxylic acids is 2. The summed E-state index contributed by atoms with van der Waals surface area (Å²) in [5, 5.41) is 3.28. The molecule has 0 unspecified atom stereocenters. The Bertz CT molecular complexity index is 748. The minimum atomic E-state index is -0.916. The lowest BCUT2D eigenvalue weighted by Gasteiger charge is -2.14. The number of rotatable bonds is 7. The van der Waals surface area contributed by atoms with Crippen LogP contribution in [-0.2, 0) is 27.4 Å². The van der Waals surface area contributed by atoms with E-state index in [1.807, 2.05) is 24.3 Å². The zero-order valence-corrected chi connectivity index (χ0v) is 14.9. The highest BCUT2D eigenvalue weighted by molar-refractivity contribution is 6.31. The maximum absolute atomic E-state index is 12.2. The van der Waals surface area contributed by atoms with Gasteiger partial charge in [0, 0.05) is 18.7 Å². The van der Waals surface area contributed by atoms with Gasteiger partial charge in [0.15, 0.2) is 6.10 Å². The summed E-state index contributed by atoms with van der Waals surface area (Å²) in [6.45, 7) is 2.19. The Morgan fingerprint density at radius 3 is 2.64 bits per heavy atom. The van der Waals surface area contributed by atoms with Crippen molar-refractivity contribution in [2.45, 2.75) is 26.2 Å². The summed E-state index contributed by atoms with van der Waals surface area (Å²) in [6, 6.07) is 14.1. The van der Waals surface area contributed by atoms with Crippen LogP contribution in [0, 0.1) is 0 Å². The van der Waals surface area contributed by atoms with Crippen LogP contribution in [0.25, 0.3) is 0 Å². The van der Waals surface area contributed by atoms with Gasteiger partial charge < -0.3 is 14.8 Å². The summed E-state index contributed by atoms with van der Waals surface area (Å²) in [5.41, 5.74) is 2.02. The van der Waals surface area contributed by atoms with Crippen LogP contribution in [0.15, 0.2) is 48.5 Å². The molecule has 0 heterocycles. The number of benzene rings is 2. The zero-order chi connectivity index (χ0) is 18.2. The zero-order valence-electron chi connectivity index (χ0n) is 14.1. The van der Waals surface area contributed by atoms with Gasteiger partial charge in [-0.2, -0.15) is 0 Å². The molecule has 0 aliphatic carbocycles. The van der Waals surface area contributed by atoms with Crippen LogP contribution in [0.2, 0.25) is 5.02 Å². The Labute approximate surface area is 151 Å². The van der Waals surface area contributed by atoms with Gasteiger partial charge in [-0.05, 0) is 36.2 Å². The van der Waals surface area contributed by atoms with E-state index in [-0.39, 0.29) is 12.5 Å². The first-order valence-corrected chi connectivity index (χ1v) is 8.19. The number of esters is 1. The molecular weight excluding hydrogens is 342 g/mol. The molecule has 2 aromatic rings. The molecule has 132 valence electrons. The van der Waals surface area contributed by atoms with Crippen LogP contribution in [-0.4, -0.2) is 25.1 Å². The van der Waals surface area contributed by atoms with E-state index in [1.165, 1.54) is 6.92 Å². The average Bonchev–Trinajstić information content (AvgIpc) is 2.61. The van der Waals surface area contributed by atoms with Crippen LogP contribution in [0.4, 0.5) is 0 Å². The van der Waals surface area contributed by atoms with Crippen molar-refractivity contribution in [3.63, 3.8) is 0 Å². The highest BCUT2D eigenvalue weighted by atomic mass is 35.5. The third kappa shape index (κ3) is 5.59. The second-order valence-electron chi connectivity index (χ2n) is 5.49. The first-order valence-electron chi connectivity index (χ1n) is 7.81. The van der Waals surface area contributed by atoms with Gasteiger partial charge >= 0.3 is 5.97 Å². The molecule has 2 aromatic carbocycles. The Morgan fingerprint density at radius 1 is 1.16 bits per heavy atom. The quantitative estimate of drug-likeness (QED) is 0.768. The van der Waals surface area contributed by atoms with Crippen molar-refractivity contribution in [1.82, 2.24) is 5.32 Å². The van der Waals surface area contributed by atoms with Crippen molar-refractivity contribution in [3.8, 4) is 0 Å². The fourth-order valence-corrected chi connectivity index (χ4v) is 2.41. The summed E-state index contributed by atoms with van der Waals surface area (Å²) < 4.78 is 10.3. The molecule has 0 fully saturated rings. The summed E-state index contributed by atoms with van der Waals surface area (Å²) in [5.74, 6) is -0.945. The topological polar surface area (TPSA) is 64.6 Å². The van der Waals surface area contributed by atoms with Gasteiger partial charge in [-0.3, -0.25) is 4.79 Å². The Hall–Kier alpha value is -2.37. The molecule has 0 radical (unpaired) electrons. The van der Waals surface area contributed by atoms with Crippen molar-refractivity contribution in [1.29, 1.82) is 0 Å². The summed E-state index contributed by atoms with van der Waals surface area (Å²) >= 11 is 6.05. The minimum Gasteiger partial charge on any atom is -0.449 e. The van der Waals surface area contributed by atoms with Crippen LogP contribution >= 0.6 is 11.6 Å². The smallest absolute Gasteiger partial charge is 0.338 e. The number of hydrogen-bond acceptors (Lipinski definition) is 4. The van der Waals surface area contributed by atoms with E-state index in [0.717, 1.165) is 11.1 Å². The highest BCUT2D eigenvalue weighted by Crippen LogP contribution is 2.14. The molecule has 0 aliphatic rings.